The third-order valence-electron chi connectivity index (χ3n) is 8.53. The van der Waals surface area contributed by atoms with Crippen LogP contribution in [-0.2, 0) is 12.8 Å². The van der Waals surface area contributed by atoms with Crippen LogP contribution < -0.4 is 15.8 Å². The predicted molar refractivity (Wildman–Crippen MR) is 183 cm³/mol. The van der Waals surface area contributed by atoms with Gasteiger partial charge in [-0.2, -0.15) is 5.12 Å². The van der Waals surface area contributed by atoms with Crippen molar-refractivity contribution in [2.45, 2.75) is 90.2 Å². The molecule has 1 atom stereocenters. The number of allylic oxidation sites excluding steroid dienone is 3. The number of halogens is 1. The number of rotatable bonds is 9. The van der Waals surface area contributed by atoms with Crippen LogP contribution in [0.3, 0.4) is 0 Å². The Kier molecular flexibility index (Phi) is 12.3. The number of hydrogen-bond donors (Lipinski definition) is 3. The minimum absolute atomic E-state index is 0.355. The minimum Gasteiger partial charge on any atom is -0.388 e. The molecule has 3 saturated carbocycles. The molecule has 6 rings (SSSR count). The van der Waals surface area contributed by atoms with Gasteiger partial charge in [0.05, 0.1) is 5.69 Å². The van der Waals surface area contributed by atoms with Crippen LogP contribution in [-0.4, -0.2) is 25.4 Å². The first-order valence-electron chi connectivity index (χ1n) is 16.1. The van der Waals surface area contributed by atoms with Crippen LogP contribution >= 0.6 is 0 Å². The summed E-state index contributed by atoms with van der Waals surface area (Å²) in [7, 11) is 3.95. The second kappa shape index (κ2) is 16.3. The van der Waals surface area contributed by atoms with E-state index in [0.29, 0.717) is 10.8 Å². The molecule has 1 unspecified atom stereocenters. The molecule has 3 N–H and O–H groups in total. The van der Waals surface area contributed by atoms with E-state index in [-0.39, 0.29) is 0 Å². The number of aliphatic hydroxyl groups is 1. The topological polar surface area (TPSA) is 47.5 Å². The highest BCUT2D eigenvalue weighted by Crippen LogP contribution is 2.41. The van der Waals surface area contributed by atoms with Gasteiger partial charge in [-0.15, -0.1) is 0 Å². The average Bonchev–Trinajstić information content (AvgIpc) is 3.85. The maximum absolute atomic E-state index is 13.3. The number of aliphatic hydroxyl groups excluding tert-OH is 1. The van der Waals surface area contributed by atoms with Crippen LogP contribution in [0.1, 0.15) is 93.4 Å². The summed E-state index contributed by atoms with van der Waals surface area (Å²) in [5.41, 5.74) is 11.4. The van der Waals surface area contributed by atoms with Crippen LogP contribution in [0.2, 0.25) is 0 Å². The molecule has 3 aromatic carbocycles. The first-order valence-corrected chi connectivity index (χ1v) is 16.1. The molecule has 43 heavy (non-hydrogen) atoms. The van der Waals surface area contributed by atoms with Crippen molar-refractivity contribution < 1.29 is 9.59 Å². The van der Waals surface area contributed by atoms with Crippen molar-refractivity contribution in [3.8, 4) is 0 Å². The Hall–Kier alpha value is -3.57. The zero-order chi connectivity index (χ0) is 30.6. The monoisotopic (exact) mass is 583 g/mol. The summed E-state index contributed by atoms with van der Waals surface area (Å²) < 4.78 is 13.3. The van der Waals surface area contributed by atoms with E-state index >= 15 is 0 Å². The summed E-state index contributed by atoms with van der Waals surface area (Å²) in [6, 6.07) is 22.6. The first kappa shape index (κ1) is 32.3. The normalized spacial score (nSPS) is 15.8. The van der Waals surface area contributed by atoms with Crippen LogP contribution in [0.4, 0.5) is 21.5 Å². The maximum Gasteiger partial charge on any atom is 0.153 e. The zero-order valence-electron chi connectivity index (χ0n) is 26.5. The van der Waals surface area contributed by atoms with E-state index in [1.807, 2.05) is 26.2 Å². The fourth-order valence-electron chi connectivity index (χ4n) is 5.15. The minimum atomic E-state index is -1.11. The van der Waals surface area contributed by atoms with E-state index in [1.165, 1.54) is 97.5 Å². The highest BCUT2D eigenvalue weighted by atomic mass is 19.2. The molecule has 3 fully saturated rings. The maximum atomic E-state index is 13.3. The summed E-state index contributed by atoms with van der Waals surface area (Å²) in [6.45, 7) is 3.60. The number of benzene rings is 3. The number of nitrogens with one attached hydrogen (secondary N) is 2. The fourth-order valence-corrected chi connectivity index (χ4v) is 5.15. The van der Waals surface area contributed by atoms with E-state index in [2.05, 4.69) is 72.2 Å². The van der Waals surface area contributed by atoms with Gasteiger partial charge < -0.3 is 15.7 Å². The van der Waals surface area contributed by atoms with Crippen molar-refractivity contribution in [3.63, 3.8) is 0 Å². The van der Waals surface area contributed by atoms with E-state index in [4.69, 9.17) is 5.11 Å². The van der Waals surface area contributed by atoms with Crippen LogP contribution in [0, 0.1) is 0 Å². The van der Waals surface area contributed by atoms with Crippen molar-refractivity contribution in [1.29, 1.82) is 0 Å². The second-order valence-corrected chi connectivity index (χ2v) is 11.9. The van der Waals surface area contributed by atoms with Crippen molar-refractivity contribution in [2.75, 3.05) is 29.9 Å². The Labute approximate surface area is 258 Å². The van der Waals surface area contributed by atoms with Gasteiger partial charge in [-0.25, -0.2) is 0 Å². The van der Waals surface area contributed by atoms with Gasteiger partial charge in [0, 0.05) is 25.5 Å². The average molecular weight is 584 g/mol. The highest BCUT2D eigenvalue weighted by Gasteiger charge is 2.23. The lowest BCUT2D eigenvalue weighted by Gasteiger charge is -2.17. The molecular formula is C38H50FN3O. The van der Waals surface area contributed by atoms with Crippen LogP contribution in [0.25, 0.3) is 6.08 Å². The summed E-state index contributed by atoms with van der Waals surface area (Å²) in [5, 5.41) is 15.8. The van der Waals surface area contributed by atoms with Gasteiger partial charge in [-0.3, -0.25) is 0 Å². The zero-order valence-corrected chi connectivity index (χ0v) is 26.5. The highest BCUT2D eigenvalue weighted by molar-refractivity contribution is 5.58. The number of nitrogens with zero attached hydrogens (tertiary/aromatic N) is 1. The standard InChI is InChI=1S/C14H18FNO.C12H15N.C12H17N/c1-11(17)16(15)14-9-7-13(8-10-14)6-5-12-3-2-4-12;1-13-12-7-5-11(6-8-12)9-10-3-2-4-10;1-3-9-4-7-11(10-5-6-10)8-12(9)13-2/h5,7-11,17H,2-4,6H2,1H3;5-9,13H,2-4H2,1H3;4,7-8,10,13H,3,5-6H2,1-2H3. The van der Waals surface area contributed by atoms with Gasteiger partial charge in [0.2, 0.25) is 0 Å². The van der Waals surface area contributed by atoms with Gasteiger partial charge in [-0.05, 0) is 130 Å². The van der Waals surface area contributed by atoms with Gasteiger partial charge >= 0.3 is 0 Å². The molecule has 0 amide bonds. The Morgan fingerprint density at radius 3 is 2.02 bits per heavy atom. The molecule has 0 radical (unpaired) electrons. The van der Waals surface area contributed by atoms with Gasteiger partial charge in [-0.1, -0.05) is 71.1 Å². The Balaban J connectivity index is 0.000000150. The summed E-state index contributed by atoms with van der Waals surface area (Å²) in [5.74, 6) is 0.859. The van der Waals surface area contributed by atoms with Gasteiger partial charge in [0.25, 0.3) is 0 Å². The molecule has 230 valence electrons. The molecule has 0 saturated heterocycles. The molecule has 4 nitrogen and oxygen atoms in total. The summed E-state index contributed by atoms with van der Waals surface area (Å²) in [4.78, 5) is 0. The molecule has 0 spiro atoms. The third kappa shape index (κ3) is 10.00. The fraction of sp³-hybridized carbons (Fsp3) is 0.421. The van der Waals surface area contributed by atoms with Gasteiger partial charge in [0.1, 0.15) is 0 Å². The van der Waals surface area contributed by atoms with E-state index < -0.39 is 6.23 Å². The van der Waals surface area contributed by atoms with Crippen molar-refractivity contribution in [3.05, 3.63) is 106 Å². The second-order valence-electron chi connectivity index (χ2n) is 11.9. The Morgan fingerprint density at radius 2 is 1.53 bits per heavy atom. The van der Waals surface area contributed by atoms with E-state index in [1.54, 1.807) is 17.7 Å². The van der Waals surface area contributed by atoms with Crippen molar-refractivity contribution in [2.24, 2.45) is 0 Å². The smallest absolute Gasteiger partial charge is 0.153 e. The molecular weight excluding hydrogens is 533 g/mol. The Bertz CT molecular complexity index is 1330. The SMILES string of the molecule is CC(O)N(F)c1ccc(CC=C2CCC2)cc1.CCc1ccc(C2CC2)cc1NC.CNc1ccc(C=C2CCC2)cc1. The van der Waals surface area contributed by atoms with Crippen molar-refractivity contribution in [1.82, 2.24) is 0 Å². The lowest BCUT2D eigenvalue weighted by Crippen LogP contribution is -2.23. The molecule has 0 aromatic heterocycles. The molecule has 0 heterocycles. The molecule has 3 aliphatic rings. The Morgan fingerprint density at radius 1 is 0.884 bits per heavy atom. The number of hydrogen-bond acceptors (Lipinski definition) is 4. The van der Waals surface area contributed by atoms with E-state index in [9.17, 15) is 4.48 Å². The first-order chi connectivity index (χ1) is 20.9. The molecule has 5 heteroatoms. The quantitative estimate of drug-likeness (QED) is 0.133. The lowest BCUT2D eigenvalue weighted by molar-refractivity contribution is 0.134. The third-order valence-corrected chi connectivity index (χ3v) is 8.53. The summed E-state index contributed by atoms with van der Waals surface area (Å²) >= 11 is 0. The molecule has 3 aromatic rings. The largest absolute Gasteiger partial charge is 0.388 e. The van der Waals surface area contributed by atoms with E-state index in [0.717, 1.165) is 18.8 Å². The predicted octanol–water partition coefficient (Wildman–Crippen LogP) is 9.83. The van der Waals surface area contributed by atoms with Crippen LogP contribution in [0.15, 0.2) is 84.0 Å². The number of aryl methyl sites for hydroxylation is 1. The lowest BCUT2D eigenvalue weighted by atomic mass is 9.91. The van der Waals surface area contributed by atoms with Crippen LogP contribution in [0.5, 0.6) is 0 Å². The molecule has 3 aliphatic carbocycles. The number of anilines is 3. The molecule has 0 aliphatic heterocycles. The summed E-state index contributed by atoms with van der Waals surface area (Å²) in [6.07, 6.45) is 16.0. The van der Waals surface area contributed by atoms with Gasteiger partial charge in [0.15, 0.2) is 6.23 Å². The molecule has 0 bridgehead atoms. The van der Waals surface area contributed by atoms with Crippen molar-refractivity contribution >= 4 is 23.1 Å².